The molecule has 0 bridgehead atoms. The van der Waals surface area contributed by atoms with Gasteiger partial charge < -0.3 is 20.9 Å². The molecule has 0 aromatic heterocycles. The second kappa shape index (κ2) is 6.78. The Morgan fingerprint density at radius 2 is 2.33 bits per heavy atom. The van der Waals surface area contributed by atoms with Gasteiger partial charge in [-0.1, -0.05) is 6.92 Å². The van der Waals surface area contributed by atoms with Crippen LogP contribution in [0.2, 0.25) is 0 Å². The summed E-state index contributed by atoms with van der Waals surface area (Å²) in [6.45, 7) is 3.26. The minimum absolute atomic E-state index is 0.0542. The summed E-state index contributed by atoms with van der Waals surface area (Å²) in [6.07, 6.45) is 1.00. The van der Waals surface area contributed by atoms with Gasteiger partial charge in [-0.3, -0.25) is 9.69 Å². The average Bonchev–Trinajstić information content (AvgIpc) is 2.79. The molecule has 6 heteroatoms. The Bertz CT molecular complexity index is 507. The number of nitrogens with one attached hydrogen (secondary N) is 1. The molecule has 1 saturated heterocycles. The van der Waals surface area contributed by atoms with Crippen LogP contribution in [0, 0.1) is 5.92 Å². The van der Waals surface area contributed by atoms with Crippen LogP contribution in [0.5, 0.6) is 5.75 Å². The number of aliphatic hydroxyl groups excluding tert-OH is 1. The number of methoxy groups -OCH3 is 1. The first-order valence-corrected chi connectivity index (χ1v) is 7.13. The molecular weight excluding hydrogens is 270 g/mol. The molecule has 2 unspecified atom stereocenters. The van der Waals surface area contributed by atoms with E-state index in [0.717, 1.165) is 13.0 Å². The lowest BCUT2D eigenvalue weighted by molar-refractivity contribution is -0.117. The van der Waals surface area contributed by atoms with Crippen LogP contribution >= 0.6 is 0 Å². The molecule has 1 aromatic rings. The van der Waals surface area contributed by atoms with Gasteiger partial charge in [0.05, 0.1) is 25.9 Å². The minimum atomic E-state index is -0.133. The minimum Gasteiger partial charge on any atom is -0.495 e. The predicted octanol–water partition coefficient (Wildman–Crippen LogP) is 0.919. The van der Waals surface area contributed by atoms with E-state index in [0.29, 0.717) is 23.0 Å². The second-order valence-corrected chi connectivity index (χ2v) is 5.49. The zero-order valence-corrected chi connectivity index (χ0v) is 12.5. The summed E-state index contributed by atoms with van der Waals surface area (Å²) in [5, 5.41) is 12.2. The number of hydrogen-bond acceptors (Lipinski definition) is 5. The number of anilines is 2. The lowest BCUT2D eigenvalue weighted by atomic mass is 10.0. The Balaban J connectivity index is 2.00. The zero-order chi connectivity index (χ0) is 15.4. The van der Waals surface area contributed by atoms with E-state index in [1.165, 1.54) is 0 Å². The van der Waals surface area contributed by atoms with Gasteiger partial charge in [-0.25, -0.2) is 0 Å². The first-order chi connectivity index (χ1) is 10.0. The predicted molar refractivity (Wildman–Crippen MR) is 82.3 cm³/mol. The van der Waals surface area contributed by atoms with E-state index in [2.05, 4.69) is 12.2 Å². The number of benzene rings is 1. The number of nitrogen functional groups attached to an aromatic ring is 1. The van der Waals surface area contributed by atoms with E-state index >= 15 is 0 Å². The van der Waals surface area contributed by atoms with E-state index < -0.39 is 0 Å². The largest absolute Gasteiger partial charge is 0.495 e. The van der Waals surface area contributed by atoms with Crippen LogP contribution in [0.1, 0.15) is 13.3 Å². The topological polar surface area (TPSA) is 87.8 Å². The molecule has 21 heavy (non-hydrogen) atoms. The molecular formula is C15H23N3O3. The fourth-order valence-electron chi connectivity index (χ4n) is 2.78. The molecule has 1 aromatic carbocycles. The fraction of sp³-hybridized carbons (Fsp3) is 0.533. The Morgan fingerprint density at radius 3 is 3.00 bits per heavy atom. The molecule has 0 aliphatic carbocycles. The lowest BCUT2D eigenvalue weighted by Crippen LogP contribution is -2.40. The van der Waals surface area contributed by atoms with Gasteiger partial charge in [0.15, 0.2) is 0 Å². The van der Waals surface area contributed by atoms with Gasteiger partial charge in [-0.05, 0) is 37.1 Å². The standard InChI is InChI=1S/C15H23N3O3/c1-10-5-6-18(13(10)9-19)8-15(20)17-12-7-11(16)3-4-14(12)21-2/h3-4,7,10,13,19H,5-6,8-9,16H2,1-2H3,(H,17,20). The molecule has 1 aliphatic rings. The van der Waals surface area contributed by atoms with Crippen LogP contribution in [0.15, 0.2) is 18.2 Å². The molecule has 2 rings (SSSR count). The highest BCUT2D eigenvalue weighted by Gasteiger charge is 2.31. The van der Waals surface area contributed by atoms with E-state index in [9.17, 15) is 9.90 Å². The van der Waals surface area contributed by atoms with Gasteiger partial charge in [-0.15, -0.1) is 0 Å². The van der Waals surface area contributed by atoms with Gasteiger partial charge in [0.1, 0.15) is 5.75 Å². The summed E-state index contributed by atoms with van der Waals surface area (Å²) in [4.78, 5) is 14.2. The zero-order valence-electron chi connectivity index (χ0n) is 12.5. The van der Waals surface area contributed by atoms with E-state index in [-0.39, 0.29) is 25.1 Å². The number of nitrogens with zero attached hydrogens (tertiary/aromatic N) is 1. The summed E-state index contributed by atoms with van der Waals surface area (Å²) in [7, 11) is 1.55. The SMILES string of the molecule is COc1ccc(N)cc1NC(=O)CN1CCC(C)C1CO. The highest BCUT2D eigenvalue weighted by molar-refractivity contribution is 5.94. The molecule has 0 radical (unpaired) electrons. The molecule has 0 spiro atoms. The van der Waals surface area contributed by atoms with Crippen molar-refractivity contribution in [3.05, 3.63) is 18.2 Å². The van der Waals surface area contributed by atoms with Crippen LogP contribution in [-0.4, -0.2) is 48.8 Å². The number of amides is 1. The normalized spacial score (nSPS) is 22.2. The molecule has 0 saturated carbocycles. The summed E-state index contributed by atoms with van der Waals surface area (Å²) in [6, 6.07) is 5.17. The van der Waals surface area contributed by atoms with E-state index in [4.69, 9.17) is 10.5 Å². The van der Waals surface area contributed by atoms with Gasteiger partial charge in [0.2, 0.25) is 5.91 Å². The lowest BCUT2D eigenvalue weighted by Gasteiger charge is -2.24. The Labute approximate surface area is 124 Å². The maximum absolute atomic E-state index is 12.2. The fourth-order valence-corrected chi connectivity index (χ4v) is 2.78. The third-order valence-corrected chi connectivity index (χ3v) is 4.03. The van der Waals surface area contributed by atoms with Gasteiger partial charge in [-0.2, -0.15) is 0 Å². The van der Waals surface area contributed by atoms with Crippen molar-refractivity contribution in [3.63, 3.8) is 0 Å². The van der Waals surface area contributed by atoms with Crippen molar-refractivity contribution in [1.82, 2.24) is 4.90 Å². The molecule has 1 amide bonds. The summed E-state index contributed by atoms with van der Waals surface area (Å²) in [5.41, 5.74) is 6.86. The quantitative estimate of drug-likeness (QED) is 0.703. The van der Waals surface area contributed by atoms with Crippen molar-refractivity contribution in [1.29, 1.82) is 0 Å². The number of hydrogen-bond donors (Lipinski definition) is 3. The number of aliphatic hydroxyl groups is 1. The molecule has 6 nitrogen and oxygen atoms in total. The first kappa shape index (κ1) is 15.6. The Kier molecular flexibility index (Phi) is 5.03. The molecule has 2 atom stereocenters. The van der Waals surface area contributed by atoms with E-state index in [1.54, 1.807) is 25.3 Å². The Hall–Kier alpha value is -1.79. The maximum atomic E-state index is 12.2. The van der Waals surface area contributed by atoms with Crippen LogP contribution < -0.4 is 15.8 Å². The number of rotatable bonds is 5. The van der Waals surface area contributed by atoms with Crippen molar-refractivity contribution < 1.29 is 14.6 Å². The van der Waals surface area contributed by atoms with Gasteiger partial charge in [0, 0.05) is 11.7 Å². The van der Waals surface area contributed by atoms with Gasteiger partial charge >= 0.3 is 0 Å². The number of ether oxygens (including phenoxy) is 1. The first-order valence-electron chi connectivity index (χ1n) is 7.13. The summed E-state index contributed by atoms with van der Waals surface area (Å²) < 4.78 is 5.21. The molecule has 1 fully saturated rings. The van der Waals surface area contributed by atoms with Crippen LogP contribution in [0.4, 0.5) is 11.4 Å². The summed E-state index contributed by atoms with van der Waals surface area (Å²) >= 11 is 0. The van der Waals surface area contributed by atoms with Gasteiger partial charge in [0.25, 0.3) is 0 Å². The molecule has 1 heterocycles. The highest BCUT2D eigenvalue weighted by atomic mass is 16.5. The third-order valence-electron chi connectivity index (χ3n) is 4.03. The Morgan fingerprint density at radius 1 is 1.57 bits per heavy atom. The average molecular weight is 293 g/mol. The van der Waals surface area contributed by atoms with Crippen molar-refractivity contribution in [2.45, 2.75) is 19.4 Å². The number of nitrogens with two attached hydrogens (primary N) is 1. The van der Waals surface area contributed by atoms with E-state index in [1.807, 2.05) is 4.90 Å². The van der Waals surface area contributed by atoms with Crippen LogP contribution in [0.3, 0.4) is 0 Å². The molecule has 116 valence electrons. The van der Waals surface area contributed by atoms with Crippen molar-refractivity contribution in [3.8, 4) is 5.75 Å². The van der Waals surface area contributed by atoms with Crippen LogP contribution in [0.25, 0.3) is 0 Å². The number of carbonyl (C=O) groups is 1. The van der Waals surface area contributed by atoms with Crippen molar-refractivity contribution >= 4 is 17.3 Å². The third kappa shape index (κ3) is 3.65. The second-order valence-electron chi connectivity index (χ2n) is 5.49. The number of likely N-dealkylation sites (tertiary alicyclic amines) is 1. The van der Waals surface area contributed by atoms with Crippen molar-refractivity contribution in [2.24, 2.45) is 5.92 Å². The monoisotopic (exact) mass is 293 g/mol. The number of carbonyl (C=O) groups excluding carboxylic acids is 1. The molecule has 4 N–H and O–H groups in total. The molecule has 1 aliphatic heterocycles. The maximum Gasteiger partial charge on any atom is 0.238 e. The van der Waals surface area contributed by atoms with Crippen LogP contribution in [-0.2, 0) is 4.79 Å². The van der Waals surface area contributed by atoms with Crippen molar-refractivity contribution in [2.75, 3.05) is 37.9 Å². The smallest absolute Gasteiger partial charge is 0.238 e. The highest BCUT2D eigenvalue weighted by Crippen LogP contribution is 2.27. The summed E-state index contributed by atoms with van der Waals surface area (Å²) in [5.74, 6) is 0.849.